The van der Waals surface area contributed by atoms with Crippen LogP contribution < -0.4 is 21.0 Å². The molecule has 1 aromatic carbocycles. The molecule has 0 bridgehead atoms. The zero-order chi connectivity index (χ0) is 20.2. The number of carbonyl (C=O) groups excluding carboxylic acids is 1. The van der Waals surface area contributed by atoms with Gasteiger partial charge in [-0.2, -0.15) is 0 Å². The van der Waals surface area contributed by atoms with Gasteiger partial charge in [-0.15, -0.1) is 0 Å². The summed E-state index contributed by atoms with van der Waals surface area (Å²) in [5.41, 5.74) is 0.712. The first-order valence-electron chi connectivity index (χ1n) is 10.5. The van der Waals surface area contributed by atoms with Crippen LogP contribution in [0.15, 0.2) is 39.5 Å². The maximum Gasteiger partial charge on any atom is 0.349 e. The zero-order valence-corrected chi connectivity index (χ0v) is 16.8. The summed E-state index contributed by atoms with van der Waals surface area (Å²) in [7, 11) is 0. The Balaban J connectivity index is 1.48. The third-order valence-corrected chi connectivity index (χ3v) is 5.79. The second-order valence-corrected chi connectivity index (χ2v) is 8.04. The predicted molar refractivity (Wildman–Crippen MR) is 112 cm³/mol. The molecule has 2 N–H and O–H groups in total. The van der Waals surface area contributed by atoms with Crippen molar-refractivity contribution < 1.29 is 13.9 Å². The third-order valence-electron chi connectivity index (χ3n) is 5.79. The molecular weight excluding hydrogens is 368 g/mol. The minimum absolute atomic E-state index is 0.0552. The van der Waals surface area contributed by atoms with Crippen LogP contribution in [0.25, 0.3) is 0 Å². The smallest absolute Gasteiger partial charge is 0.349 e. The van der Waals surface area contributed by atoms with Crippen LogP contribution in [0.5, 0.6) is 5.75 Å². The Morgan fingerprint density at radius 1 is 1.17 bits per heavy atom. The summed E-state index contributed by atoms with van der Waals surface area (Å²) in [6, 6.07) is 9.15. The SMILES string of the molecule is Cc1cc(C2CCCNC2)oc(=O)c1C(=O)Nc1cccc(OC2CCCC2)c1. The molecule has 2 aliphatic rings. The molecule has 1 aromatic heterocycles. The number of nitrogens with one attached hydrogen (secondary N) is 2. The Hall–Kier alpha value is -2.60. The fourth-order valence-electron chi connectivity index (χ4n) is 4.24. The average molecular weight is 396 g/mol. The van der Waals surface area contributed by atoms with E-state index in [-0.39, 0.29) is 17.6 Å². The molecule has 4 rings (SSSR count). The van der Waals surface area contributed by atoms with Crippen molar-refractivity contribution in [2.75, 3.05) is 18.4 Å². The molecule has 1 saturated carbocycles. The van der Waals surface area contributed by atoms with Gasteiger partial charge in [0.25, 0.3) is 5.91 Å². The van der Waals surface area contributed by atoms with E-state index < -0.39 is 11.5 Å². The summed E-state index contributed by atoms with van der Waals surface area (Å²) < 4.78 is 11.5. The summed E-state index contributed by atoms with van der Waals surface area (Å²) in [6.45, 7) is 3.57. The number of rotatable bonds is 5. The Morgan fingerprint density at radius 2 is 2.00 bits per heavy atom. The quantitative estimate of drug-likeness (QED) is 0.799. The van der Waals surface area contributed by atoms with Gasteiger partial charge in [0.05, 0.1) is 6.10 Å². The number of benzene rings is 1. The molecule has 1 aliphatic heterocycles. The lowest BCUT2D eigenvalue weighted by Gasteiger charge is -2.22. The Bertz CT molecular complexity index is 925. The van der Waals surface area contributed by atoms with Crippen LogP contribution in [0.4, 0.5) is 5.69 Å². The van der Waals surface area contributed by atoms with Crippen LogP contribution in [0.2, 0.25) is 0 Å². The standard InChI is InChI=1S/C23H28N2O4/c1-15-12-20(16-6-5-11-24-14-16)29-23(27)21(15)22(26)25-17-7-4-10-19(13-17)28-18-8-2-3-9-18/h4,7,10,12-13,16,18,24H,2-3,5-6,8-9,11,14H2,1H3,(H,25,26). The molecular formula is C23H28N2O4. The van der Waals surface area contributed by atoms with Gasteiger partial charge in [-0.05, 0) is 75.8 Å². The van der Waals surface area contributed by atoms with Gasteiger partial charge in [-0.25, -0.2) is 4.79 Å². The van der Waals surface area contributed by atoms with E-state index in [1.807, 2.05) is 18.2 Å². The van der Waals surface area contributed by atoms with Crippen molar-refractivity contribution in [1.82, 2.24) is 5.32 Å². The van der Waals surface area contributed by atoms with E-state index in [4.69, 9.17) is 9.15 Å². The topological polar surface area (TPSA) is 80.6 Å². The number of anilines is 1. The molecule has 0 radical (unpaired) electrons. The van der Waals surface area contributed by atoms with E-state index in [1.165, 1.54) is 12.8 Å². The molecule has 1 aliphatic carbocycles. The van der Waals surface area contributed by atoms with E-state index in [1.54, 1.807) is 19.1 Å². The van der Waals surface area contributed by atoms with Crippen LogP contribution in [0.1, 0.15) is 66.1 Å². The number of aryl methyl sites for hydroxylation is 1. The molecule has 1 saturated heterocycles. The van der Waals surface area contributed by atoms with Gasteiger partial charge >= 0.3 is 5.63 Å². The van der Waals surface area contributed by atoms with E-state index in [2.05, 4.69) is 10.6 Å². The van der Waals surface area contributed by atoms with E-state index in [0.717, 1.165) is 44.5 Å². The molecule has 6 nitrogen and oxygen atoms in total. The second-order valence-electron chi connectivity index (χ2n) is 8.04. The van der Waals surface area contributed by atoms with Gasteiger partial charge < -0.3 is 19.8 Å². The molecule has 1 unspecified atom stereocenters. The second kappa shape index (κ2) is 8.82. The van der Waals surface area contributed by atoms with Crippen molar-refractivity contribution in [3.05, 3.63) is 57.6 Å². The molecule has 1 atom stereocenters. The molecule has 2 aromatic rings. The Morgan fingerprint density at radius 3 is 2.72 bits per heavy atom. The number of hydrogen-bond donors (Lipinski definition) is 2. The first-order chi connectivity index (χ1) is 14.1. The van der Waals surface area contributed by atoms with Crippen molar-refractivity contribution in [2.45, 2.75) is 57.5 Å². The fourth-order valence-corrected chi connectivity index (χ4v) is 4.24. The van der Waals surface area contributed by atoms with Crippen LogP contribution in [-0.2, 0) is 0 Å². The number of ether oxygens (including phenoxy) is 1. The summed E-state index contributed by atoms with van der Waals surface area (Å²) in [6.07, 6.45) is 6.81. The molecule has 154 valence electrons. The van der Waals surface area contributed by atoms with Crippen molar-refractivity contribution in [2.24, 2.45) is 0 Å². The molecule has 6 heteroatoms. The van der Waals surface area contributed by atoms with Crippen molar-refractivity contribution in [3.8, 4) is 5.75 Å². The van der Waals surface area contributed by atoms with Crippen molar-refractivity contribution in [1.29, 1.82) is 0 Å². The zero-order valence-electron chi connectivity index (χ0n) is 16.8. The highest BCUT2D eigenvalue weighted by Crippen LogP contribution is 2.27. The van der Waals surface area contributed by atoms with Gasteiger partial charge in [-0.3, -0.25) is 4.79 Å². The average Bonchev–Trinajstić information content (AvgIpc) is 3.21. The highest BCUT2D eigenvalue weighted by atomic mass is 16.5. The van der Waals surface area contributed by atoms with Gasteiger partial charge in [0, 0.05) is 24.2 Å². The van der Waals surface area contributed by atoms with Crippen LogP contribution >= 0.6 is 0 Å². The van der Waals surface area contributed by atoms with Crippen LogP contribution in [0.3, 0.4) is 0 Å². The summed E-state index contributed by atoms with van der Waals surface area (Å²) in [4.78, 5) is 25.3. The van der Waals surface area contributed by atoms with Crippen molar-refractivity contribution in [3.63, 3.8) is 0 Å². The van der Waals surface area contributed by atoms with Crippen LogP contribution in [0, 0.1) is 6.92 Å². The summed E-state index contributed by atoms with van der Waals surface area (Å²) in [5, 5.41) is 6.13. The van der Waals surface area contributed by atoms with Crippen molar-refractivity contribution >= 4 is 11.6 Å². The number of piperidine rings is 1. The normalized spacial score (nSPS) is 19.8. The molecule has 2 heterocycles. The number of carbonyl (C=O) groups is 1. The highest BCUT2D eigenvalue weighted by molar-refractivity contribution is 6.05. The number of amides is 1. The van der Waals surface area contributed by atoms with E-state index in [0.29, 0.717) is 17.0 Å². The molecule has 2 fully saturated rings. The van der Waals surface area contributed by atoms with Crippen LogP contribution in [-0.4, -0.2) is 25.1 Å². The maximum absolute atomic E-state index is 12.8. The molecule has 1 amide bonds. The Labute approximate surface area is 170 Å². The minimum Gasteiger partial charge on any atom is -0.490 e. The van der Waals surface area contributed by atoms with Gasteiger partial charge in [0.2, 0.25) is 0 Å². The minimum atomic E-state index is -0.582. The molecule has 29 heavy (non-hydrogen) atoms. The van der Waals surface area contributed by atoms with E-state index >= 15 is 0 Å². The largest absolute Gasteiger partial charge is 0.490 e. The lowest BCUT2D eigenvalue weighted by molar-refractivity contribution is 0.102. The monoisotopic (exact) mass is 396 g/mol. The maximum atomic E-state index is 12.8. The van der Waals surface area contributed by atoms with Gasteiger partial charge in [-0.1, -0.05) is 6.07 Å². The lowest BCUT2D eigenvalue weighted by Crippen LogP contribution is -2.30. The number of hydrogen-bond acceptors (Lipinski definition) is 5. The Kier molecular flexibility index (Phi) is 6.00. The molecule has 0 spiro atoms. The third kappa shape index (κ3) is 4.70. The summed E-state index contributed by atoms with van der Waals surface area (Å²) in [5.74, 6) is 1.11. The lowest BCUT2D eigenvalue weighted by atomic mass is 9.95. The highest BCUT2D eigenvalue weighted by Gasteiger charge is 2.23. The predicted octanol–water partition coefficient (Wildman–Crippen LogP) is 3.99. The fraction of sp³-hybridized carbons (Fsp3) is 0.478. The van der Waals surface area contributed by atoms with Gasteiger partial charge in [0.15, 0.2) is 0 Å². The first-order valence-corrected chi connectivity index (χ1v) is 10.5. The van der Waals surface area contributed by atoms with E-state index in [9.17, 15) is 9.59 Å². The van der Waals surface area contributed by atoms with Gasteiger partial charge in [0.1, 0.15) is 17.1 Å². The first kappa shape index (κ1) is 19.7. The summed E-state index contributed by atoms with van der Waals surface area (Å²) >= 11 is 0.